The maximum atomic E-state index is 4.78. The van der Waals surface area contributed by atoms with Crippen molar-refractivity contribution in [3.05, 3.63) is 59.3 Å². The normalized spacial score (nSPS) is 14.0. The fourth-order valence-corrected chi connectivity index (χ4v) is 3.95. The molecule has 0 bridgehead atoms. The number of rotatable bonds is 2. The van der Waals surface area contributed by atoms with Crippen LogP contribution in [-0.4, -0.2) is 35.9 Å². The zero-order valence-corrected chi connectivity index (χ0v) is 15.7. The Bertz CT molecular complexity index is 1140. The van der Waals surface area contributed by atoms with Gasteiger partial charge in [0.15, 0.2) is 11.5 Å². The van der Waals surface area contributed by atoms with Crippen LogP contribution in [0.1, 0.15) is 22.4 Å². The van der Waals surface area contributed by atoms with Gasteiger partial charge in [-0.15, -0.1) is 5.10 Å². The molecule has 0 aromatic carbocycles. The highest BCUT2D eigenvalue weighted by Crippen LogP contribution is 2.29. The zero-order chi connectivity index (χ0) is 18.5. The molecule has 7 heteroatoms. The van der Waals surface area contributed by atoms with Crippen LogP contribution in [0.15, 0.2) is 36.9 Å². The molecule has 7 nitrogen and oxygen atoms in total. The average molecular weight is 359 g/mol. The Morgan fingerprint density at radius 1 is 1.04 bits per heavy atom. The first-order chi connectivity index (χ1) is 13.1. The van der Waals surface area contributed by atoms with Crippen LogP contribution in [0.5, 0.6) is 0 Å². The first-order valence-electron chi connectivity index (χ1n) is 9.13. The van der Waals surface area contributed by atoms with Crippen molar-refractivity contribution < 1.29 is 0 Å². The first-order valence-corrected chi connectivity index (χ1v) is 9.13. The molecule has 0 unspecified atom stereocenters. The van der Waals surface area contributed by atoms with E-state index in [1.165, 1.54) is 11.3 Å². The third-order valence-corrected chi connectivity index (χ3v) is 5.28. The van der Waals surface area contributed by atoms with Crippen LogP contribution in [0.25, 0.3) is 16.9 Å². The van der Waals surface area contributed by atoms with Crippen molar-refractivity contribution in [1.29, 1.82) is 0 Å². The van der Waals surface area contributed by atoms with Crippen molar-refractivity contribution >= 4 is 11.5 Å². The molecule has 4 aromatic heterocycles. The molecule has 0 saturated heterocycles. The van der Waals surface area contributed by atoms with Crippen LogP contribution in [0.2, 0.25) is 0 Å². The minimum absolute atomic E-state index is 0.807. The zero-order valence-electron chi connectivity index (χ0n) is 15.7. The lowest BCUT2D eigenvalue weighted by atomic mass is 10.0. The number of pyridine rings is 1. The first kappa shape index (κ1) is 16.0. The van der Waals surface area contributed by atoms with Crippen molar-refractivity contribution in [3.63, 3.8) is 0 Å². The monoisotopic (exact) mass is 359 g/mol. The Morgan fingerprint density at radius 2 is 1.93 bits per heavy atom. The Hall–Kier alpha value is -3.22. The predicted molar refractivity (Wildman–Crippen MR) is 104 cm³/mol. The number of nitrogens with zero attached hydrogens (tertiary/aromatic N) is 7. The second kappa shape index (κ2) is 5.90. The molecule has 1 aliphatic rings. The number of aromatic nitrogens is 6. The summed E-state index contributed by atoms with van der Waals surface area (Å²) in [4.78, 5) is 11.4. The number of imidazole rings is 1. The molecule has 0 radical (unpaired) electrons. The maximum Gasteiger partial charge on any atom is 0.153 e. The number of hydrogen-bond acceptors (Lipinski definition) is 5. The summed E-state index contributed by atoms with van der Waals surface area (Å²) in [5.74, 6) is 1.01. The van der Waals surface area contributed by atoms with Crippen LogP contribution in [0.3, 0.4) is 0 Å². The quantitative estimate of drug-likeness (QED) is 0.551. The molecule has 0 aliphatic carbocycles. The van der Waals surface area contributed by atoms with Crippen molar-refractivity contribution in [2.24, 2.45) is 7.05 Å². The van der Waals surface area contributed by atoms with E-state index in [0.717, 1.165) is 53.4 Å². The largest absolute Gasteiger partial charge is 0.350 e. The molecule has 1 aliphatic heterocycles. The van der Waals surface area contributed by atoms with Crippen LogP contribution in [-0.2, 0) is 20.0 Å². The van der Waals surface area contributed by atoms with Crippen molar-refractivity contribution in [2.45, 2.75) is 26.8 Å². The SMILES string of the molecule is Cc1cc2nccn2nc1N1CCc2ncc(-c3c(C)cnn3C)cc2C1. The van der Waals surface area contributed by atoms with Gasteiger partial charge in [0.2, 0.25) is 0 Å². The van der Waals surface area contributed by atoms with Gasteiger partial charge in [-0.2, -0.15) is 5.10 Å². The fraction of sp³-hybridized carbons (Fsp3) is 0.300. The molecular formula is C20H21N7. The van der Waals surface area contributed by atoms with E-state index in [0.29, 0.717) is 0 Å². The Balaban J connectivity index is 1.53. The van der Waals surface area contributed by atoms with Gasteiger partial charge in [0.1, 0.15) is 0 Å². The highest BCUT2D eigenvalue weighted by molar-refractivity contribution is 5.64. The minimum Gasteiger partial charge on any atom is -0.350 e. The molecule has 0 spiro atoms. The summed E-state index contributed by atoms with van der Waals surface area (Å²) in [6.07, 6.45) is 8.46. The van der Waals surface area contributed by atoms with Crippen molar-refractivity contribution in [3.8, 4) is 11.3 Å². The van der Waals surface area contributed by atoms with Crippen LogP contribution >= 0.6 is 0 Å². The Morgan fingerprint density at radius 3 is 2.74 bits per heavy atom. The van der Waals surface area contributed by atoms with E-state index in [2.05, 4.69) is 41.0 Å². The number of anilines is 1. The molecular weight excluding hydrogens is 338 g/mol. The molecule has 0 amide bonds. The maximum absolute atomic E-state index is 4.78. The molecule has 0 saturated carbocycles. The molecule has 27 heavy (non-hydrogen) atoms. The molecule has 136 valence electrons. The van der Waals surface area contributed by atoms with Crippen LogP contribution in [0, 0.1) is 13.8 Å². The van der Waals surface area contributed by atoms with E-state index in [1.807, 2.05) is 34.8 Å². The third-order valence-electron chi connectivity index (χ3n) is 5.28. The van der Waals surface area contributed by atoms with Crippen molar-refractivity contribution in [2.75, 3.05) is 11.4 Å². The molecule has 5 rings (SSSR count). The van der Waals surface area contributed by atoms with E-state index in [1.54, 1.807) is 6.20 Å². The van der Waals surface area contributed by atoms with Crippen molar-refractivity contribution in [1.82, 2.24) is 29.4 Å². The summed E-state index contributed by atoms with van der Waals surface area (Å²) < 4.78 is 3.75. The lowest BCUT2D eigenvalue weighted by Crippen LogP contribution is -2.32. The standard InChI is InChI=1S/C20H21N7/c1-13-8-18-21-5-7-27(18)24-20(13)26-6-4-17-16(12-26)9-15(11-22-17)19-14(2)10-23-25(19)3/h5,7-11H,4,6,12H2,1-3H3. The summed E-state index contributed by atoms with van der Waals surface area (Å²) in [5, 5.41) is 9.14. The van der Waals surface area contributed by atoms with E-state index in [-0.39, 0.29) is 0 Å². The van der Waals surface area contributed by atoms with Gasteiger partial charge in [0, 0.05) is 56.4 Å². The van der Waals surface area contributed by atoms with Gasteiger partial charge in [-0.25, -0.2) is 9.50 Å². The molecule has 4 aromatic rings. The van der Waals surface area contributed by atoms with E-state index < -0.39 is 0 Å². The molecule has 5 heterocycles. The Labute approximate surface area is 157 Å². The number of fused-ring (bicyclic) bond motifs is 2. The van der Waals surface area contributed by atoms with Gasteiger partial charge in [0.05, 0.1) is 11.9 Å². The summed E-state index contributed by atoms with van der Waals surface area (Å²) >= 11 is 0. The van der Waals surface area contributed by atoms with Crippen LogP contribution < -0.4 is 4.90 Å². The summed E-state index contributed by atoms with van der Waals surface area (Å²) in [6.45, 7) is 5.90. The predicted octanol–water partition coefficient (Wildman–Crippen LogP) is 2.70. The second-order valence-corrected chi connectivity index (χ2v) is 7.18. The van der Waals surface area contributed by atoms with E-state index in [9.17, 15) is 0 Å². The second-order valence-electron chi connectivity index (χ2n) is 7.18. The van der Waals surface area contributed by atoms with Gasteiger partial charge in [0.25, 0.3) is 0 Å². The highest BCUT2D eigenvalue weighted by Gasteiger charge is 2.22. The summed E-state index contributed by atoms with van der Waals surface area (Å²) in [5.41, 5.74) is 7.85. The topological polar surface area (TPSA) is 64.1 Å². The highest BCUT2D eigenvalue weighted by atomic mass is 15.3. The van der Waals surface area contributed by atoms with Crippen LogP contribution in [0.4, 0.5) is 5.82 Å². The number of hydrogen-bond donors (Lipinski definition) is 0. The van der Waals surface area contributed by atoms with Gasteiger partial charge in [-0.1, -0.05) is 0 Å². The number of aryl methyl sites for hydroxylation is 3. The average Bonchev–Trinajstić information content (AvgIpc) is 3.25. The molecule has 0 atom stereocenters. The summed E-state index contributed by atoms with van der Waals surface area (Å²) in [7, 11) is 1.97. The lowest BCUT2D eigenvalue weighted by molar-refractivity contribution is 0.689. The third kappa shape index (κ3) is 2.58. The fourth-order valence-electron chi connectivity index (χ4n) is 3.95. The van der Waals surface area contributed by atoms with Gasteiger partial charge < -0.3 is 4.90 Å². The van der Waals surface area contributed by atoms with E-state index in [4.69, 9.17) is 10.1 Å². The lowest BCUT2D eigenvalue weighted by Gasteiger charge is -2.30. The molecule has 0 N–H and O–H groups in total. The summed E-state index contributed by atoms with van der Waals surface area (Å²) in [6, 6.07) is 4.34. The van der Waals surface area contributed by atoms with Gasteiger partial charge >= 0.3 is 0 Å². The van der Waals surface area contributed by atoms with Gasteiger partial charge in [-0.3, -0.25) is 9.67 Å². The van der Waals surface area contributed by atoms with Gasteiger partial charge in [-0.05, 0) is 42.7 Å². The van der Waals surface area contributed by atoms with E-state index >= 15 is 0 Å². The smallest absolute Gasteiger partial charge is 0.153 e. The minimum atomic E-state index is 0.807. The molecule has 0 fully saturated rings. The Kier molecular flexibility index (Phi) is 3.50.